The first-order valence-electron chi connectivity index (χ1n) is 18.3. The summed E-state index contributed by atoms with van der Waals surface area (Å²) in [6.07, 6.45) is 8.28. The Hall–Kier alpha value is -4.46. The van der Waals surface area contributed by atoms with Crippen molar-refractivity contribution in [1.82, 2.24) is 24.5 Å². The SMILES string of the molecule is CC(C)n1c(O[C@@H]2C[C@H]3C(=O)N[C@]4(C(=O)NS(=O)(=O)C5(C)CC5)C[C@@H]4/C=C\CCCCC[C@H](Nc4ccccc4)C(=O)N3C2)nc2ccc(F)cc21. The summed E-state index contributed by atoms with van der Waals surface area (Å²) in [5.41, 5.74) is 0.413. The van der Waals surface area contributed by atoms with Gasteiger partial charge in [0.15, 0.2) is 0 Å². The molecule has 3 N–H and O–H groups in total. The Kier molecular flexibility index (Phi) is 9.55. The molecule has 52 heavy (non-hydrogen) atoms. The van der Waals surface area contributed by atoms with Gasteiger partial charge in [-0.3, -0.25) is 23.7 Å². The summed E-state index contributed by atoms with van der Waals surface area (Å²) in [6, 6.07) is 12.2. The quantitative estimate of drug-likeness (QED) is 0.274. The number of amides is 3. The molecule has 3 fully saturated rings. The molecule has 14 heteroatoms. The van der Waals surface area contributed by atoms with Gasteiger partial charge in [0, 0.05) is 24.1 Å². The number of aromatic nitrogens is 2. The van der Waals surface area contributed by atoms with Gasteiger partial charge in [-0.1, -0.05) is 43.2 Å². The van der Waals surface area contributed by atoms with Gasteiger partial charge in [-0.05, 0) is 89.6 Å². The van der Waals surface area contributed by atoms with E-state index in [1.54, 1.807) is 17.6 Å². The molecule has 2 aliphatic carbocycles. The first-order chi connectivity index (χ1) is 24.8. The van der Waals surface area contributed by atoms with Crippen molar-refractivity contribution < 1.29 is 31.9 Å². The van der Waals surface area contributed by atoms with Crippen molar-refractivity contribution >= 4 is 44.5 Å². The number of sulfonamides is 1. The summed E-state index contributed by atoms with van der Waals surface area (Å²) in [6.45, 7) is 5.53. The Morgan fingerprint density at radius 3 is 2.60 bits per heavy atom. The number of fused-ring (bicyclic) bond motifs is 3. The summed E-state index contributed by atoms with van der Waals surface area (Å²) in [4.78, 5) is 49.0. The predicted molar refractivity (Wildman–Crippen MR) is 194 cm³/mol. The van der Waals surface area contributed by atoms with E-state index in [0.29, 0.717) is 30.3 Å². The molecule has 3 aromatic rings. The zero-order valence-electron chi connectivity index (χ0n) is 29.8. The Bertz CT molecular complexity index is 2000. The lowest BCUT2D eigenvalue weighted by atomic mass is 10.0. The molecule has 0 radical (unpaired) electrons. The lowest BCUT2D eigenvalue weighted by Crippen LogP contribution is -2.58. The van der Waals surface area contributed by atoms with Crippen molar-refractivity contribution in [2.45, 2.75) is 113 Å². The van der Waals surface area contributed by atoms with Crippen molar-refractivity contribution in [2.24, 2.45) is 5.92 Å². The normalized spacial score (nSPS) is 28.2. The van der Waals surface area contributed by atoms with Gasteiger partial charge in [0.1, 0.15) is 29.5 Å². The van der Waals surface area contributed by atoms with Crippen molar-refractivity contribution in [3.63, 3.8) is 0 Å². The maximum absolute atomic E-state index is 14.6. The molecule has 12 nitrogen and oxygen atoms in total. The van der Waals surface area contributed by atoms with Gasteiger partial charge in [0.25, 0.3) is 11.9 Å². The number of carbonyl (C=O) groups excluding carboxylic acids is 3. The molecule has 278 valence electrons. The number of halogens is 1. The van der Waals surface area contributed by atoms with Gasteiger partial charge in [-0.2, -0.15) is 4.98 Å². The summed E-state index contributed by atoms with van der Waals surface area (Å²) >= 11 is 0. The molecule has 4 aliphatic rings. The van der Waals surface area contributed by atoms with Crippen LogP contribution in [0, 0.1) is 11.7 Å². The molecule has 0 bridgehead atoms. The number of benzene rings is 2. The third-order valence-corrected chi connectivity index (χ3v) is 13.2. The van der Waals surface area contributed by atoms with Crippen LogP contribution in [0.3, 0.4) is 0 Å². The monoisotopic (exact) mass is 734 g/mol. The highest BCUT2D eigenvalue weighted by molar-refractivity contribution is 7.91. The second-order valence-corrected chi connectivity index (χ2v) is 17.5. The molecule has 0 spiro atoms. The van der Waals surface area contributed by atoms with E-state index in [4.69, 9.17) is 4.74 Å². The molecule has 3 heterocycles. The summed E-state index contributed by atoms with van der Waals surface area (Å²) < 4.78 is 50.1. The van der Waals surface area contributed by atoms with E-state index in [0.717, 1.165) is 31.4 Å². The number of nitrogens with zero attached hydrogens (tertiary/aromatic N) is 3. The van der Waals surface area contributed by atoms with E-state index < -0.39 is 62.0 Å². The number of hydrogen-bond acceptors (Lipinski definition) is 8. The Balaban J connectivity index is 1.21. The van der Waals surface area contributed by atoms with Crippen LogP contribution >= 0.6 is 0 Å². The second kappa shape index (κ2) is 13.8. The number of allylic oxidation sites excluding steroid dienone is 1. The topological polar surface area (TPSA) is 152 Å². The molecule has 2 aromatic carbocycles. The summed E-state index contributed by atoms with van der Waals surface area (Å²) in [5.74, 6) is -2.42. The van der Waals surface area contributed by atoms with Crippen LogP contribution in [0.15, 0.2) is 60.7 Å². The highest BCUT2D eigenvalue weighted by Crippen LogP contribution is 2.47. The molecule has 7 rings (SSSR count). The van der Waals surface area contributed by atoms with Gasteiger partial charge >= 0.3 is 0 Å². The van der Waals surface area contributed by atoms with E-state index in [1.165, 1.54) is 17.0 Å². The van der Waals surface area contributed by atoms with Gasteiger partial charge in [-0.25, -0.2) is 12.8 Å². The fourth-order valence-electron chi connectivity index (χ4n) is 7.46. The van der Waals surface area contributed by atoms with Crippen molar-refractivity contribution in [2.75, 3.05) is 11.9 Å². The number of anilines is 1. The van der Waals surface area contributed by atoms with Crippen LogP contribution in [0.4, 0.5) is 10.1 Å². The zero-order valence-corrected chi connectivity index (χ0v) is 30.6. The maximum Gasteiger partial charge on any atom is 0.297 e. The minimum atomic E-state index is -3.96. The van der Waals surface area contributed by atoms with Crippen molar-refractivity contribution in [1.29, 1.82) is 0 Å². The minimum Gasteiger partial charge on any atom is -0.459 e. The molecule has 5 atom stereocenters. The number of para-hydroxylation sites is 1. The molecule has 2 aliphatic heterocycles. The maximum atomic E-state index is 14.6. The number of rotatable bonds is 8. The smallest absolute Gasteiger partial charge is 0.297 e. The third kappa shape index (κ3) is 7.01. The van der Waals surface area contributed by atoms with Crippen LogP contribution in [-0.4, -0.2) is 75.6 Å². The molecule has 1 saturated heterocycles. The third-order valence-electron chi connectivity index (χ3n) is 11.0. The highest BCUT2D eigenvalue weighted by Gasteiger charge is 2.63. The van der Waals surface area contributed by atoms with Crippen LogP contribution in [-0.2, 0) is 24.4 Å². The average Bonchev–Trinajstić information content (AvgIpc) is 3.93. The van der Waals surface area contributed by atoms with E-state index in [9.17, 15) is 27.2 Å². The van der Waals surface area contributed by atoms with Gasteiger partial charge < -0.3 is 20.3 Å². The van der Waals surface area contributed by atoms with E-state index >= 15 is 0 Å². The first kappa shape index (κ1) is 35.9. The molecule has 1 aromatic heterocycles. The lowest BCUT2D eigenvalue weighted by Gasteiger charge is -2.30. The van der Waals surface area contributed by atoms with E-state index in [-0.39, 0.29) is 37.3 Å². The van der Waals surface area contributed by atoms with Crippen LogP contribution in [0.2, 0.25) is 0 Å². The standard InChI is InChI=1S/C38H47FN6O6S/c1-24(2)45-31-20-26(39)16-17-29(31)41-36(45)51-28-21-32-33(46)42-38(35(48)43-52(49,50)37(3)18-19-37)22-25(38)12-8-5-4-6-11-15-30(34(47)44(32)23-28)40-27-13-9-7-10-14-27/h7-10,12-14,16-17,20,24-25,28,30,32,40H,4-6,11,15,18-19,21-23H2,1-3H3,(H,42,46)(H,43,48)/b12-8-/t25-,28+,30-,32-,38+/m0/s1. The fourth-order valence-corrected chi connectivity index (χ4v) is 8.77. The van der Waals surface area contributed by atoms with Crippen LogP contribution in [0.25, 0.3) is 11.0 Å². The lowest BCUT2D eigenvalue weighted by molar-refractivity contribution is -0.140. The Labute approximate surface area is 303 Å². The average molecular weight is 735 g/mol. The molecular formula is C38H47FN6O6S. The predicted octanol–water partition coefficient (Wildman–Crippen LogP) is 4.98. The van der Waals surface area contributed by atoms with Gasteiger partial charge in [0.2, 0.25) is 21.8 Å². The Morgan fingerprint density at radius 1 is 1.10 bits per heavy atom. The van der Waals surface area contributed by atoms with Crippen LogP contribution < -0.4 is 20.1 Å². The van der Waals surface area contributed by atoms with E-state index in [2.05, 4.69) is 20.3 Å². The fraction of sp³-hybridized carbons (Fsp3) is 0.526. The number of imidazole rings is 1. The van der Waals surface area contributed by atoms with Crippen LogP contribution in [0.1, 0.15) is 84.6 Å². The van der Waals surface area contributed by atoms with Crippen molar-refractivity contribution in [3.05, 3.63) is 66.5 Å². The van der Waals surface area contributed by atoms with Gasteiger partial charge in [-0.15, -0.1) is 0 Å². The molecule has 0 unspecified atom stereocenters. The number of carbonyl (C=O) groups is 3. The summed E-state index contributed by atoms with van der Waals surface area (Å²) in [5, 5.41) is 6.32. The molecule has 2 saturated carbocycles. The summed E-state index contributed by atoms with van der Waals surface area (Å²) in [7, 11) is -3.96. The number of hydrogen-bond donors (Lipinski definition) is 3. The van der Waals surface area contributed by atoms with Crippen molar-refractivity contribution in [3.8, 4) is 6.01 Å². The zero-order chi connectivity index (χ0) is 36.8. The van der Waals surface area contributed by atoms with Crippen LogP contribution in [0.5, 0.6) is 6.01 Å². The number of nitrogens with one attached hydrogen (secondary N) is 3. The molecular weight excluding hydrogens is 688 g/mol. The highest BCUT2D eigenvalue weighted by atomic mass is 32.2. The Morgan fingerprint density at radius 2 is 1.87 bits per heavy atom. The second-order valence-electron chi connectivity index (χ2n) is 15.3. The van der Waals surface area contributed by atoms with E-state index in [1.807, 2.05) is 56.3 Å². The number of ether oxygens (including phenoxy) is 1. The minimum absolute atomic E-state index is 0.0643. The first-order valence-corrected chi connectivity index (χ1v) is 19.8. The molecule has 3 amide bonds. The largest absolute Gasteiger partial charge is 0.459 e. The van der Waals surface area contributed by atoms with Gasteiger partial charge in [0.05, 0.1) is 22.3 Å².